The Labute approximate surface area is 153 Å². The number of nitrogens with zero attached hydrogens (tertiary/aromatic N) is 1. The molecule has 0 bridgehead atoms. The van der Waals surface area contributed by atoms with E-state index in [4.69, 9.17) is 9.47 Å². The van der Waals surface area contributed by atoms with Crippen molar-refractivity contribution < 1.29 is 9.47 Å². The molecular weight excluding hydrogens is 413 g/mol. The second kappa shape index (κ2) is 12.1. The van der Waals surface area contributed by atoms with Crippen LogP contribution in [0.4, 0.5) is 0 Å². The predicted molar refractivity (Wildman–Crippen MR) is 102 cm³/mol. The van der Waals surface area contributed by atoms with E-state index < -0.39 is 0 Å². The summed E-state index contributed by atoms with van der Waals surface area (Å²) in [6.45, 7) is 4.14. The highest BCUT2D eigenvalue weighted by atomic mass is 127. The van der Waals surface area contributed by atoms with E-state index in [-0.39, 0.29) is 24.0 Å². The number of thiophene rings is 1. The van der Waals surface area contributed by atoms with Crippen LogP contribution in [0.15, 0.2) is 21.8 Å². The fourth-order valence-electron chi connectivity index (χ4n) is 2.17. The normalized spacial score (nSPS) is 16.1. The Balaban J connectivity index is 0.00000242. The third kappa shape index (κ3) is 7.75. The van der Waals surface area contributed by atoms with Crippen molar-refractivity contribution in [3.8, 4) is 0 Å². The lowest BCUT2D eigenvalue weighted by molar-refractivity contribution is -0.0320. The maximum Gasteiger partial charge on any atom is 0.191 e. The molecule has 7 heteroatoms. The Morgan fingerprint density at radius 1 is 1.41 bits per heavy atom. The van der Waals surface area contributed by atoms with Crippen molar-refractivity contribution >= 4 is 41.3 Å². The fourth-order valence-corrected chi connectivity index (χ4v) is 2.84. The molecule has 0 amide bonds. The lowest BCUT2D eigenvalue weighted by Crippen LogP contribution is -2.37. The molecule has 0 radical (unpaired) electrons. The van der Waals surface area contributed by atoms with Crippen molar-refractivity contribution in [2.24, 2.45) is 4.99 Å². The topological polar surface area (TPSA) is 54.9 Å². The molecule has 22 heavy (non-hydrogen) atoms. The van der Waals surface area contributed by atoms with Gasteiger partial charge in [-0.2, -0.15) is 11.3 Å². The summed E-state index contributed by atoms with van der Waals surface area (Å²) in [7, 11) is 1.79. The number of rotatable bonds is 7. The lowest BCUT2D eigenvalue weighted by Gasteiger charge is -2.22. The predicted octanol–water partition coefficient (Wildman–Crippen LogP) is 2.62. The molecular formula is C15H26IN3O2S. The van der Waals surface area contributed by atoms with Crippen LogP contribution in [0.3, 0.4) is 0 Å². The van der Waals surface area contributed by atoms with E-state index in [1.165, 1.54) is 5.56 Å². The molecule has 0 unspecified atom stereocenters. The van der Waals surface area contributed by atoms with E-state index in [9.17, 15) is 0 Å². The number of hydrogen-bond donors (Lipinski definition) is 2. The molecule has 1 aliphatic rings. The van der Waals surface area contributed by atoms with Crippen LogP contribution in [-0.2, 0) is 16.0 Å². The monoisotopic (exact) mass is 439 g/mol. The van der Waals surface area contributed by atoms with Crippen LogP contribution in [0.25, 0.3) is 0 Å². The van der Waals surface area contributed by atoms with E-state index in [1.54, 1.807) is 18.4 Å². The summed E-state index contributed by atoms with van der Waals surface area (Å²) in [5, 5.41) is 10.8. The molecule has 0 spiro atoms. The number of aliphatic imine (C=N–C) groups is 1. The summed E-state index contributed by atoms with van der Waals surface area (Å²) in [4.78, 5) is 4.22. The van der Waals surface area contributed by atoms with Gasteiger partial charge in [-0.25, -0.2) is 0 Å². The van der Waals surface area contributed by atoms with Crippen LogP contribution in [-0.4, -0.2) is 45.5 Å². The van der Waals surface area contributed by atoms with Gasteiger partial charge in [-0.05, 0) is 41.7 Å². The standard InChI is InChI=1S/C15H25N3O2S.HI/c1-16-15(18-11-13-5-10-21-12-13)17-6-2-7-20-14-3-8-19-9-4-14;/h5,10,12,14H,2-4,6-9,11H2,1H3,(H2,16,17,18);1H. The molecule has 1 aromatic rings. The zero-order chi connectivity index (χ0) is 14.8. The number of hydrogen-bond acceptors (Lipinski definition) is 4. The molecule has 2 N–H and O–H groups in total. The van der Waals surface area contributed by atoms with Gasteiger partial charge in [-0.3, -0.25) is 4.99 Å². The summed E-state index contributed by atoms with van der Waals surface area (Å²) in [5.41, 5.74) is 1.28. The molecule has 2 rings (SSSR count). The van der Waals surface area contributed by atoms with Crippen molar-refractivity contribution in [1.82, 2.24) is 10.6 Å². The average molecular weight is 439 g/mol. The van der Waals surface area contributed by atoms with Crippen molar-refractivity contribution in [2.75, 3.05) is 33.4 Å². The minimum absolute atomic E-state index is 0. The third-order valence-corrected chi connectivity index (χ3v) is 4.13. The molecule has 0 saturated carbocycles. The minimum atomic E-state index is 0. The van der Waals surface area contributed by atoms with Crippen LogP contribution in [0.2, 0.25) is 0 Å². The van der Waals surface area contributed by atoms with Gasteiger partial charge in [-0.15, -0.1) is 24.0 Å². The second-order valence-electron chi connectivity index (χ2n) is 5.02. The fraction of sp³-hybridized carbons (Fsp3) is 0.667. The van der Waals surface area contributed by atoms with Crippen molar-refractivity contribution in [1.29, 1.82) is 0 Å². The van der Waals surface area contributed by atoms with E-state index in [2.05, 4.69) is 32.5 Å². The Morgan fingerprint density at radius 3 is 2.91 bits per heavy atom. The number of ether oxygens (including phenoxy) is 2. The van der Waals surface area contributed by atoms with E-state index in [1.807, 2.05) is 0 Å². The van der Waals surface area contributed by atoms with Gasteiger partial charge in [0.25, 0.3) is 0 Å². The first kappa shape index (κ1) is 19.7. The Bertz CT molecular complexity index is 409. The van der Waals surface area contributed by atoms with E-state index in [0.29, 0.717) is 6.10 Å². The quantitative estimate of drug-likeness (QED) is 0.297. The first-order valence-electron chi connectivity index (χ1n) is 7.53. The van der Waals surface area contributed by atoms with Crippen LogP contribution in [0.5, 0.6) is 0 Å². The third-order valence-electron chi connectivity index (χ3n) is 3.40. The molecule has 1 aliphatic heterocycles. The molecule has 5 nitrogen and oxygen atoms in total. The zero-order valence-corrected chi connectivity index (χ0v) is 16.2. The smallest absolute Gasteiger partial charge is 0.191 e. The van der Waals surface area contributed by atoms with Crippen LogP contribution < -0.4 is 10.6 Å². The van der Waals surface area contributed by atoms with E-state index >= 15 is 0 Å². The highest BCUT2D eigenvalue weighted by Crippen LogP contribution is 2.10. The number of guanidine groups is 1. The maximum atomic E-state index is 5.84. The molecule has 1 saturated heterocycles. The van der Waals surface area contributed by atoms with Gasteiger partial charge in [0.15, 0.2) is 5.96 Å². The highest BCUT2D eigenvalue weighted by molar-refractivity contribution is 14.0. The second-order valence-corrected chi connectivity index (χ2v) is 5.80. The van der Waals surface area contributed by atoms with Crippen molar-refractivity contribution in [3.05, 3.63) is 22.4 Å². The maximum absolute atomic E-state index is 5.84. The summed E-state index contributed by atoms with van der Waals surface area (Å²) in [6, 6.07) is 2.12. The van der Waals surface area contributed by atoms with Crippen LogP contribution >= 0.6 is 35.3 Å². The lowest BCUT2D eigenvalue weighted by atomic mass is 10.1. The van der Waals surface area contributed by atoms with Gasteiger partial charge in [0, 0.05) is 40.0 Å². The Morgan fingerprint density at radius 2 is 2.23 bits per heavy atom. The zero-order valence-electron chi connectivity index (χ0n) is 13.0. The summed E-state index contributed by atoms with van der Waals surface area (Å²) < 4.78 is 11.2. The van der Waals surface area contributed by atoms with Gasteiger partial charge < -0.3 is 20.1 Å². The molecule has 126 valence electrons. The van der Waals surface area contributed by atoms with Crippen LogP contribution in [0.1, 0.15) is 24.8 Å². The summed E-state index contributed by atoms with van der Waals surface area (Å²) >= 11 is 1.71. The molecule has 2 heterocycles. The number of halogens is 1. The summed E-state index contributed by atoms with van der Waals surface area (Å²) in [6.07, 6.45) is 3.42. The van der Waals surface area contributed by atoms with Crippen LogP contribution in [0, 0.1) is 0 Å². The van der Waals surface area contributed by atoms with E-state index in [0.717, 1.165) is 58.1 Å². The average Bonchev–Trinajstić information content (AvgIpc) is 3.04. The Hall–Kier alpha value is -0.380. The van der Waals surface area contributed by atoms with Crippen molar-refractivity contribution in [3.63, 3.8) is 0 Å². The van der Waals surface area contributed by atoms with Gasteiger partial charge in [0.05, 0.1) is 6.10 Å². The minimum Gasteiger partial charge on any atom is -0.381 e. The largest absolute Gasteiger partial charge is 0.381 e. The first-order valence-corrected chi connectivity index (χ1v) is 8.47. The summed E-state index contributed by atoms with van der Waals surface area (Å²) in [5.74, 6) is 0.840. The van der Waals surface area contributed by atoms with Gasteiger partial charge in [-0.1, -0.05) is 0 Å². The SMILES string of the molecule is CN=C(NCCCOC1CCOCC1)NCc1ccsc1.I. The molecule has 0 aliphatic carbocycles. The molecule has 0 aromatic carbocycles. The highest BCUT2D eigenvalue weighted by Gasteiger charge is 2.13. The van der Waals surface area contributed by atoms with Gasteiger partial charge in [0.1, 0.15) is 0 Å². The molecule has 1 aromatic heterocycles. The van der Waals surface area contributed by atoms with Gasteiger partial charge in [0.2, 0.25) is 0 Å². The van der Waals surface area contributed by atoms with Gasteiger partial charge >= 0.3 is 0 Å². The van der Waals surface area contributed by atoms with Crippen molar-refractivity contribution in [2.45, 2.75) is 31.9 Å². The molecule has 1 fully saturated rings. The first-order chi connectivity index (χ1) is 10.4. The Kier molecular flexibility index (Phi) is 10.8. The molecule has 0 atom stereocenters. The number of nitrogens with one attached hydrogen (secondary N) is 2.